The van der Waals surface area contributed by atoms with Crippen LogP contribution in [0.3, 0.4) is 0 Å². The summed E-state index contributed by atoms with van der Waals surface area (Å²) in [6.45, 7) is 4.43. The molecular formula is C15H20FN3O. The third-order valence-electron chi connectivity index (χ3n) is 3.63. The van der Waals surface area contributed by atoms with Gasteiger partial charge in [0.1, 0.15) is 5.82 Å². The number of aromatic nitrogens is 2. The van der Waals surface area contributed by atoms with Crippen molar-refractivity contribution in [3.63, 3.8) is 0 Å². The van der Waals surface area contributed by atoms with Crippen molar-refractivity contribution in [1.82, 2.24) is 15.1 Å². The number of aryl methyl sites for hydroxylation is 1. The molecule has 0 saturated heterocycles. The van der Waals surface area contributed by atoms with Crippen molar-refractivity contribution >= 4 is 0 Å². The lowest BCUT2D eigenvalue weighted by Gasteiger charge is -2.14. The fraction of sp³-hybridized carbons (Fsp3) is 0.400. The highest BCUT2D eigenvalue weighted by Crippen LogP contribution is 2.17. The smallest absolute Gasteiger partial charge is 0.128 e. The van der Waals surface area contributed by atoms with Crippen LogP contribution in [0.2, 0.25) is 0 Å². The molecule has 108 valence electrons. The van der Waals surface area contributed by atoms with E-state index >= 15 is 0 Å². The molecule has 1 aromatic heterocycles. The minimum atomic E-state index is -0.368. The SMILES string of the molecule is Cc1c(C(C)NCc2ccc(F)c(CO)c2)cnn1C. The molecule has 0 fully saturated rings. The Labute approximate surface area is 118 Å². The highest BCUT2D eigenvalue weighted by molar-refractivity contribution is 5.25. The zero-order chi connectivity index (χ0) is 14.7. The summed E-state index contributed by atoms with van der Waals surface area (Å²) in [7, 11) is 1.92. The summed E-state index contributed by atoms with van der Waals surface area (Å²) >= 11 is 0. The molecule has 0 spiro atoms. The summed E-state index contributed by atoms with van der Waals surface area (Å²) in [6, 6.07) is 4.96. The van der Waals surface area contributed by atoms with Gasteiger partial charge in [-0.3, -0.25) is 4.68 Å². The standard InChI is InChI=1S/C15H20FN3O/c1-10(14-8-18-19(3)11(14)2)17-7-12-4-5-15(16)13(6-12)9-20/h4-6,8,10,17,20H,7,9H2,1-3H3. The van der Waals surface area contributed by atoms with Crippen LogP contribution < -0.4 is 5.32 Å². The number of rotatable bonds is 5. The normalized spacial score (nSPS) is 12.7. The summed E-state index contributed by atoms with van der Waals surface area (Å²) in [5.74, 6) is -0.368. The summed E-state index contributed by atoms with van der Waals surface area (Å²) < 4.78 is 15.1. The van der Waals surface area contributed by atoms with Gasteiger partial charge in [0.2, 0.25) is 0 Å². The van der Waals surface area contributed by atoms with Gasteiger partial charge in [-0.25, -0.2) is 4.39 Å². The van der Waals surface area contributed by atoms with Gasteiger partial charge in [0.25, 0.3) is 0 Å². The van der Waals surface area contributed by atoms with Gasteiger partial charge in [0, 0.05) is 36.5 Å². The minimum absolute atomic E-state index is 0.159. The number of nitrogens with one attached hydrogen (secondary N) is 1. The number of hydrogen-bond acceptors (Lipinski definition) is 3. The monoisotopic (exact) mass is 277 g/mol. The quantitative estimate of drug-likeness (QED) is 0.881. The second-order valence-electron chi connectivity index (χ2n) is 5.00. The first-order valence-corrected chi connectivity index (χ1v) is 6.63. The number of halogens is 1. The maximum absolute atomic E-state index is 13.3. The van der Waals surface area contributed by atoms with Crippen molar-refractivity contribution in [3.05, 3.63) is 52.6 Å². The predicted octanol–water partition coefficient (Wildman–Crippen LogP) is 2.21. The van der Waals surface area contributed by atoms with E-state index in [9.17, 15) is 4.39 Å². The number of hydrogen-bond donors (Lipinski definition) is 2. The van der Waals surface area contributed by atoms with Crippen LogP contribution in [-0.2, 0) is 20.2 Å². The van der Waals surface area contributed by atoms with Gasteiger partial charge in [0.05, 0.1) is 12.8 Å². The first kappa shape index (κ1) is 14.7. The third kappa shape index (κ3) is 3.05. The van der Waals surface area contributed by atoms with Gasteiger partial charge in [-0.15, -0.1) is 0 Å². The molecular weight excluding hydrogens is 257 g/mol. The molecule has 0 bridgehead atoms. The van der Waals surface area contributed by atoms with Gasteiger partial charge in [0.15, 0.2) is 0 Å². The number of aliphatic hydroxyl groups is 1. The summed E-state index contributed by atoms with van der Waals surface area (Å²) in [5, 5.41) is 16.7. The second-order valence-corrected chi connectivity index (χ2v) is 5.00. The van der Waals surface area contributed by atoms with Crippen molar-refractivity contribution in [2.45, 2.75) is 33.0 Å². The molecule has 2 aromatic rings. The van der Waals surface area contributed by atoms with Crippen molar-refractivity contribution in [3.8, 4) is 0 Å². The van der Waals surface area contributed by atoms with Crippen LogP contribution in [0.15, 0.2) is 24.4 Å². The third-order valence-corrected chi connectivity index (χ3v) is 3.63. The van der Waals surface area contributed by atoms with Crippen LogP contribution in [0.5, 0.6) is 0 Å². The maximum atomic E-state index is 13.3. The van der Waals surface area contributed by atoms with E-state index in [2.05, 4.69) is 17.3 Å². The van der Waals surface area contributed by atoms with E-state index in [0.29, 0.717) is 12.1 Å². The van der Waals surface area contributed by atoms with Crippen LogP contribution in [-0.4, -0.2) is 14.9 Å². The molecule has 1 atom stereocenters. The maximum Gasteiger partial charge on any atom is 0.128 e. The van der Waals surface area contributed by atoms with Crippen molar-refractivity contribution < 1.29 is 9.50 Å². The Kier molecular flexibility index (Phi) is 4.52. The summed E-state index contributed by atoms with van der Waals surface area (Å²) in [4.78, 5) is 0. The topological polar surface area (TPSA) is 50.1 Å². The molecule has 1 heterocycles. The van der Waals surface area contributed by atoms with Crippen molar-refractivity contribution in [2.24, 2.45) is 7.05 Å². The Balaban J connectivity index is 2.03. The Hall–Kier alpha value is -1.72. The first-order chi connectivity index (χ1) is 9.52. The minimum Gasteiger partial charge on any atom is -0.392 e. The van der Waals surface area contributed by atoms with Crippen LogP contribution in [0, 0.1) is 12.7 Å². The Morgan fingerprint density at radius 1 is 1.45 bits per heavy atom. The fourth-order valence-corrected chi connectivity index (χ4v) is 2.18. The second kappa shape index (κ2) is 6.15. The van der Waals surface area contributed by atoms with Gasteiger partial charge >= 0.3 is 0 Å². The lowest BCUT2D eigenvalue weighted by molar-refractivity contribution is 0.275. The molecule has 5 heteroatoms. The largest absolute Gasteiger partial charge is 0.392 e. The highest BCUT2D eigenvalue weighted by Gasteiger charge is 2.11. The predicted molar refractivity (Wildman–Crippen MR) is 75.5 cm³/mol. The van der Waals surface area contributed by atoms with Crippen LogP contribution in [0.1, 0.15) is 35.3 Å². The fourth-order valence-electron chi connectivity index (χ4n) is 2.18. The van der Waals surface area contributed by atoms with E-state index in [1.807, 2.05) is 24.9 Å². The van der Waals surface area contributed by atoms with Crippen LogP contribution >= 0.6 is 0 Å². The lowest BCUT2D eigenvalue weighted by atomic mass is 10.1. The summed E-state index contributed by atoms with van der Waals surface area (Å²) in [5.41, 5.74) is 3.55. The number of nitrogens with zero attached hydrogens (tertiary/aromatic N) is 2. The van der Waals surface area contributed by atoms with Gasteiger partial charge in [-0.2, -0.15) is 5.10 Å². The molecule has 0 aliphatic carbocycles. The molecule has 0 saturated carbocycles. The van der Waals surface area contributed by atoms with Gasteiger partial charge in [-0.1, -0.05) is 6.07 Å². The van der Waals surface area contributed by atoms with Crippen molar-refractivity contribution in [2.75, 3.05) is 0 Å². The van der Waals surface area contributed by atoms with E-state index in [-0.39, 0.29) is 18.5 Å². The highest BCUT2D eigenvalue weighted by atomic mass is 19.1. The molecule has 0 aliphatic heterocycles. The molecule has 0 amide bonds. The number of benzene rings is 1. The Morgan fingerprint density at radius 3 is 2.80 bits per heavy atom. The van der Waals surface area contributed by atoms with Gasteiger partial charge in [-0.05, 0) is 31.5 Å². The summed E-state index contributed by atoms with van der Waals surface area (Å²) in [6.07, 6.45) is 1.86. The van der Waals surface area contributed by atoms with E-state index in [4.69, 9.17) is 5.11 Å². The molecule has 0 aliphatic rings. The molecule has 0 radical (unpaired) electrons. The van der Waals surface area contributed by atoms with Gasteiger partial charge < -0.3 is 10.4 Å². The molecule has 2 rings (SSSR count). The molecule has 4 nitrogen and oxygen atoms in total. The van der Waals surface area contributed by atoms with E-state index in [0.717, 1.165) is 16.8 Å². The van der Waals surface area contributed by atoms with Crippen molar-refractivity contribution in [1.29, 1.82) is 0 Å². The van der Waals surface area contributed by atoms with E-state index in [1.165, 1.54) is 6.07 Å². The molecule has 20 heavy (non-hydrogen) atoms. The van der Waals surface area contributed by atoms with Crippen LogP contribution in [0.4, 0.5) is 4.39 Å². The average Bonchev–Trinajstić information content (AvgIpc) is 2.78. The molecule has 1 aromatic carbocycles. The lowest BCUT2D eigenvalue weighted by Crippen LogP contribution is -2.18. The Bertz CT molecular complexity index is 595. The van der Waals surface area contributed by atoms with E-state index < -0.39 is 0 Å². The van der Waals surface area contributed by atoms with Crippen LogP contribution in [0.25, 0.3) is 0 Å². The molecule has 1 unspecified atom stereocenters. The molecule has 2 N–H and O–H groups in total. The average molecular weight is 277 g/mol. The first-order valence-electron chi connectivity index (χ1n) is 6.63. The Morgan fingerprint density at radius 2 is 2.20 bits per heavy atom. The zero-order valence-corrected chi connectivity index (χ0v) is 12.0. The zero-order valence-electron chi connectivity index (χ0n) is 12.0. The number of aliphatic hydroxyl groups excluding tert-OH is 1. The van der Waals surface area contributed by atoms with E-state index in [1.54, 1.807) is 12.1 Å².